The quantitative estimate of drug-likeness (QED) is 0.540. The van der Waals surface area contributed by atoms with Crippen LogP contribution in [0.3, 0.4) is 0 Å². The van der Waals surface area contributed by atoms with Crippen molar-refractivity contribution in [3.63, 3.8) is 0 Å². The number of benzene rings is 2. The summed E-state index contributed by atoms with van der Waals surface area (Å²) in [7, 11) is 0. The lowest BCUT2D eigenvalue weighted by atomic mass is 10.0. The van der Waals surface area contributed by atoms with E-state index in [4.69, 9.17) is 16.3 Å². The average molecular weight is 401 g/mol. The van der Waals surface area contributed by atoms with Crippen LogP contribution in [0.15, 0.2) is 36.4 Å². The molecule has 104 valence electrons. The Labute approximate surface area is 137 Å². The third-order valence-corrected chi connectivity index (χ3v) is 4.43. The molecular weight excluding hydrogens is 387 g/mol. The molecule has 0 amide bonds. The molecule has 0 aromatic heterocycles. The van der Waals surface area contributed by atoms with E-state index in [0.717, 1.165) is 9.13 Å². The molecule has 2 aromatic rings. The first-order valence-electron chi connectivity index (χ1n) is 6.26. The lowest BCUT2D eigenvalue weighted by Crippen LogP contribution is -2.06. The highest BCUT2D eigenvalue weighted by atomic mass is 127. The van der Waals surface area contributed by atoms with Crippen molar-refractivity contribution in [1.29, 1.82) is 0 Å². The van der Waals surface area contributed by atoms with Crippen LogP contribution < -0.4 is 4.74 Å². The Kier molecular flexibility index (Phi) is 5.05. The van der Waals surface area contributed by atoms with Gasteiger partial charge in [0.15, 0.2) is 5.78 Å². The normalized spacial score (nSPS) is 10.4. The summed E-state index contributed by atoms with van der Waals surface area (Å²) in [6.07, 6.45) is 0. The Bertz CT molecular complexity index is 653. The number of ether oxygens (including phenoxy) is 1. The molecule has 0 fully saturated rings. The summed E-state index contributed by atoms with van der Waals surface area (Å²) >= 11 is 8.22. The molecule has 0 unspecified atom stereocenters. The van der Waals surface area contributed by atoms with Gasteiger partial charge in [-0.3, -0.25) is 4.79 Å². The van der Waals surface area contributed by atoms with Crippen molar-refractivity contribution in [2.45, 2.75) is 13.8 Å². The van der Waals surface area contributed by atoms with Crippen LogP contribution in [0.4, 0.5) is 0 Å². The summed E-state index contributed by atoms with van der Waals surface area (Å²) in [6.45, 7) is 4.38. The van der Waals surface area contributed by atoms with Crippen LogP contribution in [0.1, 0.15) is 28.4 Å². The lowest BCUT2D eigenvalue weighted by molar-refractivity contribution is 0.103. The van der Waals surface area contributed by atoms with Crippen LogP contribution in [-0.2, 0) is 0 Å². The second kappa shape index (κ2) is 6.59. The van der Waals surface area contributed by atoms with Gasteiger partial charge in [-0.2, -0.15) is 0 Å². The molecule has 0 atom stereocenters. The fourth-order valence-electron chi connectivity index (χ4n) is 1.90. The molecule has 0 bridgehead atoms. The molecule has 0 saturated heterocycles. The second-order valence-corrected chi connectivity index (χ2v) is 5.96. The Balaban J connectivity index is 2.46. The van der Waals surface area contributed by atoms with Crippen molar-refractivity contribution in [2.24, 2.45) is 0 Å². The molecule has 0 radical (unpaired) electrons. The number of aryl methyl sites for hydroxylation is 1. The van der Waals surface area contributed by atoms with Gasteiger partial charge in [0.2, 0.25) is 0 Å². The van der Waals surface area contributed by atoms with Crippen LogP contribution in [0, 0.1) is 10.5 Å². The van der Waals surface area contributed by atoms with Gasteiger partial charge in [-0.25, -0.2) is 0 Å². The monoisotopic (exact) mass is 400 g/mol. The van der Waals surface area contributed by atoms with Crippen molar-refractivity contribution in [3.8, 4) is 5.75 Å². The zero-order chi connectivity index (χ0) is 14.7. The van der Waals surface area contributed by atoms with E-state index in [1.54, 1.807) is 12.1 Å². The van der Waals surface area contributed by atoms with Crippen LogP contribution in [0.2, 0.25) is 5.02 Å². The third-order valence-electron chi connectivity index (χ3n) is 2.86. The minimum absolute atomic E-state index is 0.0737. The highest BCUT2D eigenvalue weighted by Crippen LogP contribution is 2.26. The molecular formula is C16H14ClIO2. The van der Waals surface area contributed by atoms with E-state index in [9.17, 15) is 4.79 Å². The van der Waals surface area contributed by atoms with Crippen molar-refractivity contribution in [1.82, 2.24) is 0 Å². The van der Waals surface area contributed by atoms with Crippen LogP contribution >= 0.6 is 34.2 Å². The zero-order valence-corrected chi connectivity index (χ0v) is 14.2. The maximum absolute atomic E-state index is 12.6. The van der Waals surface area contributed by atoms with Gasteiger partial charge in [0.05, 0.1) is 17.2 Å². The predicted molar refractivity (Wildman–Crippen MR) is 89.9 cm³/mol. The van der Waals surface area contributed by atoms with Gasteiger partial charge in [-0.1, -0.05) is 23.2 Å². The Morgan fingerprint density at radius 2 is 2.00 bits per heavy atom. The maximum atomic E-state index is 12.6. The molecule has 0 aliphatic carbocycles. The van der Waals surface area contributed by atoms with E-state index in [-0.39, 0.29) is 5.78 Å². The van der Waals surface area contributed by atoms with Crippen molar-refractivity contribution in [3.05, 3.63) is 61.7 Å². The van der Waals surface area contributed by atoms with Crippen molar-refractivity contribution < 1.29 is 9.53 Å². The van der Waals surface area contributed by atoms with Crippen molar-refractivity contribution in [2.75, 3.05) is 6.61 Å². The molecule has 2 nitrogen and oxygen atoms in total. The minimum Gasteiger partial charge on any atom is -0.493 e. The number of hydrogen-bond acceptors (Lipinski definition) is 2. The number of hydrogen-bond donors (Lipinski definition) is 0. The SMILES string of the molecule is CCOc1ccc(C)cc1C(=O)c1ccc(I)c(Cl)c1. The first kappa shape index (κ1) is 15.3. The van der Waals surface area contributed by atoms with Gasteiger partial charge < -0.3 is 4.74 Å². The fraction of sp³-hybridized carbons (Fsp3) is 0.188. The van der Waals surface area contributed by atoms with Gasteiger partial charge in [0.25, 0.3) is 0 Å². The van der Waals surface area contributed by atoms with Gasteiger partial charge in [-0.05, 0) is 66.8 Å². The third kappa shape index (κ3) is 3.33. The topological polar surface area (TPSA) is 26.3 Å². The fourth-order valence-corrected chi connectivity index (χ4v) is 2.41. The number of carbonyl (C=O) groups is 1. The van der Waals surface area contributed by atoms with Crippen LogP contribution in [0.25, 0.3) is 0 Å². The molecule has 2 rings (SSSR count). The van der Waals surface area contributed by atoms with Crippen LogP contribution in [-0.4, -0.2) is 12.4 Å². The first-order chi connectivity index (χ1) is 9.52. The van der Waals surface area contributed by atoms with E-state index in [2.05, 4.69) is 22.6 Å². The number of rotatable bonds is 4. The smallest absolute Gasteiger partial charge is 0.196 e. The number of ketones is 1. The van der Waals surface area contributed by atoms with Gasteiger partial charge in [0, 0.05) is 9.13 Å². The highest BCUT2D eigenvalue weighted by Gasteiger charge is 2.16. The summed E-state index contributed by atoms with van der Waals surface area (Å²) in [4.78, 5) is 12.6. The van der Waals surface area contributed by atoms with E-state index in [1.807, 2.05) is 38.1 Å². The molecule has 2 aromatic carbocycles. The van der Waals surface area contributed by atoms with E-state index < -0.39 is 0 Å². The van der Waals surface area contributed by atoms with E-state index in [1.165, 1.54) is 0 Å². The second-order valence-electron chi connectivity index (χ2n) is 4.39. The van der Waals surface area contributed by atoms with E-state index in [0.29, 0.717) is 28.5 Å². The standard InChI is InChI=1S/C16H14ClIO2/c1-3-20-15-7-4-10(2)8-12(15)16(19)11-5-6-14(18)13(17)9-11/h4-9H,3H2,1-2H3. The van der Waals surface area contributed by atoms with Gasteiger partial charge in [-0.15, -0.1) is 0 Å². The lowest BCUT2D eigenvalue weighted by Gasteiger charge is -2.11. The van der Waals surface area contributed by atoms with Crippen LogP contribution in [0.5, 0.6) is 5.75 Å². The van der Waals surface area contributed by atoms with Gasteiger partial charge in [0.1, 0.15) is 5.75 Å². The molecule has 0 N–H and O–H groups in total. The van der Waals surface area contributed by atoms with E-state index >= 15 is 0 Å². The molecule has 0 aliphatic heterocycles. The molecule has 20 heavy (non-hydrogen) atoms. The average Bonchev–Trinajstić information content (AvgIpc) is 2.43. The molecule has 0 aliphatic rings. The number of carbonyl (C=O) groups excluding carboxylic acids is 1. The number of halogens is 2. The summed E-state index contributed by atoms with van der Waals surface area (Å²) in [6, 6.07) is 10.9. The molecule has 4 heteroatoms. The largest absolute Gasteiger partial charge is 0.493 e. The van der Waals surface area contributed by atoms with Gasteiger partial charge >= 0.3 is 0 Å². The first-order valence-corrected chi connectivity index (χ1v) is 7.71. The Hall–Kier alpha value is -1.07. The summed E-state index contributed by atoms with van der Waals surface area (Å²) in [5.41, 5.74) is 2.17. The Morgan fingerprint density at radius 1 is 1.25 bits per heavy atom. The predicted octanol–water partition coefficient (Wildman–Crippen LogP) is 4.88. The Morgan fingerprint density at radius 3 is 2.65 bits per heavy atom. The highest BCUT2D eigenvalue weighted by molar-refractivity contribution is 14.1. The molecule has 0 saturated carbocycles. The summed E-state index contributed by atoms with van der Waals surface area (Å²) < 4.78 is 6.46. The van der Waals surface area contributed by atoms with Crippen molar-refractivity contribution >= 4 is 40.0 Å². The maximum Gasteiger partial charge on any atom is 0.196 e. The minimum atomic E-state index is -0.0737. The summed E-state index contributed by atoms with van der Waals surface area (Å²) in [5.74, 6) is 0.535. The molecule has 0 spiro atoms. The molecule has 0 heterocycles. The zero-order valence-electron chi connectivity index (χ0n) is 11.2. The summed E-state index contributed by atoms with van der Waals surface area (Å²) in [5, 5.41) is 0.585.